The Morgan fingerprint density at radius 3 is 3.00 bits per heavy atom. The third kappa shape index (κ3) is 3.18. The summed E-state index contributed by atoms with van der Waals surface area (Å²) in [6.45, 7) is 5.82. The largest absolute Gasteiger partial charge is 0.338 e. The molecular formula is C17H19ClN2OS. The number of rotatable bonds is 2. The van der Waals surface area contributed by atoms with Gasteiger partial charge in [0.2, 0.25) is 0 Å². The maximum Gasteiger partial charge on any atom is 0.265 e. The molecule has 2 heterocycles. The summed E-state index contributed by atoms with van der Waals surface area (Å²) in [6, 6.07) is 7.60. The van der Waals surface area contributed by atoms with Gasteiger partial charge in [-0.05, 0) is 37.8 Å². The average Bonchev–Trinajstić information content (AvgIpc) is 2.88. The van der Waals surface area contributed by atoms with Crippen LogP contribution in [0.25, 0.3) is 10.6 Å². The first kappa shape index (κ1) is 15.5. The molecule has 1 saturated heterocycles. The van der Waals surface area contributed by atoms with Gasteiger partial charge in [-0.15, -0.1) is 11.3 Å². The predicted molar refractivity (Wildman–Crippen MR) is 91.6 cm³/mol. The van der Waals surface area contributed by atoms with Gasteiger partial charge in [0.05, 0.1) is 5.69 Å². The lowest BCUT2D eigenvalue weighted by molar-refractivity contribution is 0.0687. The molecule has 1 fully saturated rings. The van der Waals surface area contributed by atoms with Crippen molar-refractivity contribution in [1.82, 2.24) is 9.88 Å². The van der Waals surface area contributed by atoms with E-state index < -0.39 is 0 Å². The maximum atomic E-state index is 12.7. The van der Waals surface area contributed by atoms with Crippen LogP contribution in [0.1, 0.15) is 35.1 Å². The number of aromatic nitrogens is 1. The first-order valence-electron chi connectivity index (χ1n) is 7.57. The lowest BCUT2D eigenvalue weighted by atomic mass is 10.0. The van der Waals surface area contributed by atoms with E-state index in [1.54, 1.807) is 0 Å². The van der Waals surface area contributed by atoms with Crippen LogP contribution in [0.4, 0.5) is 0 Å². The molecule has 5 heteroatoms. The number of hydrogen-bond acceptors (Lipinski definition) is 3. The highest BCUT2D eigenvalue weighted by atomic mass is 35.5. The summed E-state index contributed by atoms with van der Waals surface area (Å²) < 4.78 is 0. The Morgan fingerprint density at radius 1 is 1.45 bits per heavy atom. The SMILES string of the molecule is Cc1nc(-c2cccc(Cl)c2)sc1C(=O)N1CCCC(C)C1. The quantitative estimate of drug-likeness (QED) is 0.801. The summed E-state index contributed by atoms with van der Waals surface area (Å²) in [4.78, 5) is 20.0. The summed E-state index contributed by atoms with van der Waals surface area (Å²) in [6.07, 6.45) is 2.30. The minimum absolute atomic E-state index is 0.120. The second-order valence-electron chi connectivity index (χ2n) is 5.94. The number of likely N-dealkylation sites (tertiary alicyclic amines) is 1. The van der Waals surface area contributed by atoms with Gasteiger partial charge in [0.15, 0.2) is 0 Å². The number of amides is 1. The molecule has 0 saturated carbocycles. The topological polar surface area (TPSA) is 33.2 Å². The van der Waals surface area contributed by atoms with Gasteiger partial charge in [-0.25, -0.2) is 4.98 Å². The van der Waals surface area contributed by atoms with E-state index in [0.29, 0.717) is 10.9 Å². The Morgan fingerprint density at radius 2 is 2.27 bits per heavy atom. The molecule has 1 atom stereocenters. The van der Waals surface area contributed by atoms with Gasteiger partial charge in [-0.1, -0.05) is 30.7 Å². The number of halogens is 1. The summed E-state index contributed by atoms with van der Waals surface area (Å²) in [5.41, 5.74) is 1.77. The van der Waals surface area contributed by atoms with Crippen molar-refractivity contribution in [2.24, 2.45) is 5.92 Å². The van der Waals surface area contributed by atoms with Gasteiger partial charge in [0, 0.05) is 23.7 Å². The Bertz CT molecular complexity index is 698. The minimum Gasteiger partial charge on any atom is -0.338 e. The number of carbonyl (C=O) groups is 1. The first-order chi connectivity index (χ1) is 10.5. The molecule has 0 bridgehead atoms. The molecule has 1 aliphatic heterocycles. The number of carbonyl (C=O) groups excluding carboxylic acids is 1. The molecule has 1 aliphatic rings. The fourth-order valence-corrected chi connectivity index (χ4v) is 4.08. The molecule has 1 unspecified atom stereocenters. The summed E-state index contributed by atoms with van der Waals surface area (Å²) in [5.74, 6) is 0.702. The molecule has 3 nitrogen and oxygen atoms in total. The van der Waals surface area contributed by atoms with Crippen LogP contribution < -0.4 is 0 Å². The van der Waals surface area contributed by atoms with Gasteiger partial charge in [-0.2, -0.15) is 0 Å². The van der Waals surface area contributed by atoms with Gasteiger partial charge >= 0.3 is 0 Å². The van der Waals surface area contributed by atoms with Crippen molar-refractivity contribution >= 4 is 28.8 Å². The van der Waals surface area contributed by atoms with E-state index in [9.17, 15) is 4.79 Å². The van der Waals surface area contributed by atoms with Crippen LogP contribution in [0, 0.1) is 12.8 Å². The highest BCUT2D eigenvalue weighted by Crippen LogP contribution is 2.31. The second-order valence-corrected chi connectivity index (χ2v) is 7.38. The van der Waals surface area contributed by atoms with E-state index in [4.69, 9.17) is 11.6 Å². The number of benzene rings is 1. The number of hydrogen-bond donors (Lipinski definition) is 0. The van der Waals surface area contributed by atoms with E-state index in [2.05, 4.69) is 11.9 Å². The van der Waals surface area contributed by atoms with Crippen molar-refractivity contribution < 1.29 is 4.79 Å². The average molecular weight is 335 g/mol. The van der Waals surface area contributed by atoms with Crippen LogP contribution >= 0.6 is 22.9 Å². The van der Waals surface area contributed by atoms with Crippen molar-refractivity contribution in [2.45, 2.75) is 26.7 Å². The van der Waals surface area contributed by atoms with Crippen molar-refractivity contribution in [3.63, 3.8) is 0 Å². The van der Waals surface area contributed by atoms with Crippen LogP contribution in [-0.2, 0) is 0 Å². The molecule has 116 valence electrons. The smallest absolute Gasteiger partial charge is 0.265 e. The standard InChI is InChI=1S/C17H19ClN2OS/c1-11-5-4-8-20(10-11)17(21)15-12(2)19-16(22-15)13-6-3-7-14(18)9-13/h3,6-7,9,11H,4-5,8,10H2,1-2H3. The molecule has 1 amide bonds. The summed E-state index contributed by atoms with van der Waals surface area (Å²) in [7, 11) is 0. The molecule has 0 N–H and O–H groups in total. The van der Waals surface area contributed by atoms with E-state index in [-0.39, 0.29) is 5.91 Å². The third-order valence-corrected chi connectivity index (χ3v) is 5.44. The van der Waals surface area contributed by atoms with Gasteiger partial charge < -0.3 is 4.90 Å². The third-order valence-electron chi connectivity index (χ3n) is 4.01. The number of thiazole rings is 1. The lowest BCUT2D eigenvalue weighted by Crippen LogP contribution is -2.39. The van der Waals surface area contributed by atoms with Crippen molar-refractivity contribution in [3.05, 3.63) is 39.9 Å². The lowest BCUT2D eigenvalue weighted by Gasteiger charge is -2.30. The predicted octanol–water partition coefficient (Wildman–Crippen LogP) is 4.64. The van der Waals surface area contributed by atoms with Gasteiger partial charge in [-0.3, -0.25) is 4.79 Å². The van der Waals surface area contributed by atoms with Gasteiger partial charge in [0.1, 0.15) is 9.88 Å². The zero-order chi connectivity index (χ0) is 15.7. The van der Waals surface area contributed by atoms with Crippen LogP contribution in [0.2, 0.25) is 5.02 Å². The molecule has 22 heavy (non-hydrogen) atoms. The van der Waals surface area contributed by atoms with Gasteiger partial charge in [0.25, 0.3) is 5.91 Å². The van der Waals surface area contributed by atoms with Crippen LogP contribution in [-0.4, -0.2) is 28.9 Å². The molecule has 1 aromatic carbocycles. The molecule has 0 spiro atoms. The summed E-state index contributed by atoms with van der Waals surface area (Å²) in [5, 5.41) is 1.54. The fourth-order valence-electron chi connectivity index (χ4n) is 2.86. The van der Waals surface area contributed by atoms with Crippen LogP contribution in [0.3, 0.4) is 0 Å². The van der Waals surface area contributed by atoms with Crippen LogP contribution in [0.15, 0.2) is 24.3 Å². The highest BCUT2D eigenvalue weighted by molar-refractivity contribution is 7.17. The second kappa shape index (κ2) is 6.39. The Hall–Kier alpha value is -1.39. The number of piperidine rings is 1. The fraction of sp³-hybridized carbons (Fsp3) is 0.412. The van der Waals surface area contributed by atoms with Crippen molar-refractivity contribution in [1.29, 1.82) is 0 Å². The Labute approximate surface area is 139 Å². The number of nitrogens with zero attached hydrogens (tertiary/aromatic N) is 2. The minimum atomic E-state index is 0.120. The number of aryl methyl sites for hydroxylation is 1. The summed E-state index contributed by atoms with van der Waals surface area (Å²) >= 11 is 7.51. The van der Waals surface area contributed by atoms with E-state index in [1.165, 1.54) is 17.8 Å². The first-order valence-corrected chi connectivity index (χ1v) is 8.76. The van der Waals surface area contributed by atoms with Crippen molar-refractivity contribution in [3.8, 4) is 10.6 Å². The Kier molecular flexibility index (Phi) is 4.50. The maximum absolute atomic E-state index is 12.7. The van der Waals surface area contributed by atoms with Crippen molar-refractivity contribution in [2.75, 3.05) is 13.1 Å². The zero-order valence-electron chi connectivity index (χ0n) is 12.8. The molecule has 0 aliphatic carbocycles. The monoisotopic (exact) mass is 334 g/mol. The molecule has 1 aromatic heterocycles. The van der Waals surface area contributed by atoms with Crippen LogP contribution in [0.5, 0.6) is 0 Å². The molecule has 0 radical (unpaired) electrons. The van der Waals surface area contributed by atoms with E-state index >= 15 is 0 Å². The molecule has 2 aromatic rings. The normalized spacial score (nSPS) is 18.5. The molecule has 3 rings (SSSR count). The Balaban J connectivity index is 1.87. The highest BCUT2D eigenvalue weighted by Gasteiger charge is 2.25. The molecular weight excluding hydrogens is 316 g/mol. The van der Waals surface area contributed by atoms with E-state index in [0.717, 1.165) is 40.7 Å². The zero-order valence-corrected chi connectivity index (χ0v) is 14.4. The van der Waals surface area contributed by atoms with E-state index in [1.807, 2.05) is 36.1 Å².